The molecule has 0 aliphatic heterocycles. The number of amides is 2. The zero-order chi connectivity index (χ0) is 15.2. The Morgan fingerprint density at radius 1 is 0.800 bits per heavy atom. The topological polar surface area (TPSA) is 86.2 Å². The Kier molecular flexibility index (Phi) is 11.9. The molecule has 116 valence electrons. The maximum atomic E-state index is 11.1. The lowest BCUT2D eigenvalue weighted by atomic mass is 10.0. The summed E-state index contributed by atoms with van der Waals surface area (Å²) in [4.78, 5) is 21.8. The van der Waals surface area contributed by atoms with E-state index in [2.05, 4.69) is 6.92 Å². The number of hydrogen-bond donors (Lipinski definition) is 2. The molecule has 4 heteroatoms. The Balaban J connectivity index is 3.51. The maximum absolute atomic E-state index is 11.1. The van der Waals surface area contributed by atoms with Crippen molar-refractivity contribution in [3.8, 4) is 0 Å². The van der Waals surface area contributed by atoms with Crippen LogP contribution in [-0.4, -0.2) is 11.8 Å². The van der Waals surface area contributed by atoms with Crippen LogP contribution in [0.25, 0.3) is 0 Å². The van der Waals surface area contributed by atoms with E-state index in [1.807, 2.05) is 0 Å². The van der Waals surface area contributed by atoms with Crippen molar-refractivity contribution in [1.29, 1.82) is 0 Å². The second-order valence-electron chi connectivity index (χ2n) is 5.37. The Bertz CT molecular complexity index is 312. The van der Waals surface area contributed by atoms with Crippen molar-refractivity contribution in [1.82, 2.24) is 0 Å². The first-order valence-corrected chi connectivity index (χ1v) is 7.87. The number of rotatable bonds is 13. The Hall–Kier alpha value is -1.32. The van der Waals surface area contributed by atoms with Crippen LogP contribution in [0.2, 0.25) is 0 Å². The second-order valence-corrected chi connectivity index (χ2v) is 5.37. The molecule has 20 heavy (non-hydrogen) atoms. The lowest BCUT2D eigenvalue weighted by Gasteiger charge is -2.04. The van der Waals surface area contributed by atoms with Crippen molar-refractivity contribution >= 4 is 11.8 Å². The van der Waals surface area contributed by atoms with Gasteiger partial charge in [0.15, 0.2) is 0 Å². The van der Waals surface area contributed by atoms with Gasteiger partial charge in [-0.15, -0.1) is 0 Å². The minimum absolute atomic E-state index is 0.345. The summed E-state index contributed by atoms with van der Waals surface area (Å²) < 4.78 is 0. The molecule has 0 aromatic rings. The minimum Gasteiger partial charge on any atom is -0.366 e. The summed E-state index contributed by atoms with van der Waals surface area (Å²) in [6, 6.07) is 0. The quantitative estimate of drug-likeness (QED) is 0.401. The van der Waals surface area contributed by atoms with E-state index in [0.29, 0.717) is 12.0 Å². The minimum atomic E-state index is -0.606. The fourth-order valence-corrected chi connectivity index (χ4v) is 2.24. The first-order chi connectivity index (χ1) is 9.57. The summed E-state index contributed by atoms with van der Waals surface area (Å²) >= 11 is 0. The van der Waals surface area contributed by atoms with E-state index in [1.165, 1.54) is 51.4 Å². The average Bonchev–Trinajstić information content (AvgIpc) is 2.39. The van der Waals surface area contributed by atoms with Crippen molar-refractivity contribution in [2.24, 2.45) is 11.5 Å². The van der Waals surface area contributed by atoms with Crippen LogP contribution in [0.1, 0.15) is 77.6 Å². The number of hydrogen-bond acceptors (Lipinski definition) is 2. The van der Waals surface area contributed by atoms with E-state index in [0.717, 1.165) is 18.9 Å². The summed E-state index contributed by atoms with van der Waals surface area (Å²) in [5.74, 6) is -1.15. The zero-order valence-corrected chi connectivity index (χ0v) is 12.8. The summed E-state index contributed by atoms with van der Waals surface area (Å²) in [7, 11) is 0. The van der Waals surface area contributed by atoms with Gasteiger partial charge in [-0.05, 0) is 12.8 Å². The third-order valence-corrected chi connectivity index (χ3v) is 3.43. The molecule has 0 aliphatic carbocycles. The summed E-state index contributed by atoms with van der Waals surface area (Å²) in [5.41, 5.74) is 10.6. The van der Waals surface area contributed by atoms with E-state index in [4.69, 9.17) is 11.5 Å². The van der Waals surface area contributed by atoms with Crippen LogP contribution in [0.4, 0.5) is 0 Å². The molecular formula is C16H30N2O2. The number of carbonyl (C=O) groups excluding carboxylic acids is 2. The highest BCUT2D eigenvalue weighted by molar-refractivity contribution is 5.99. The fourth-order valence-electron chi connectivity index (χ4n) is 2.24. The third-order valence-electron chi connectivity index (χ3n) is 3.43. The highest BCUT2D eigenvalue weighted by Gasteiger charge is 2.06. The lowest BCUT2D eigenvalue weighted by Crippen LogP contribution is -2.17. The molecule has 0 saturated heterocycles. The van der Waals surface area contributed by atoms with Crippen LogP contribution in [0.5, 0.6) is 0 Å². The molecule has 0 atom stereocenters. The molecule has 0 saturated carbocycles. The number of unbranched alkanes of at least 4 members (excludes halogenated alkanes) is 9. The van der Waals surface area contributed by atoms with Crippen LogP contribution >= 0.6 is 0 Å². The van der Waals surface area contributed by atoms with Crippen molar-refractivity contribution in [3.05, 3.63) is 11.6 Å². The van der Waals surface area contributed by atoms with Gasteiger partial charge in [0.1, 0.15) is 0 Å². The summed E-state index contributed by atoms with van der Waals surface area (Å²) in [6.45, 7) is 2.23. The van der Waals surface area contributed by atoms with Gasteiger partial charge >= 0.3 is 0 Å². The first-order valence-electron chi connectivity index (χ1n) is 7.87. The van der Waals surface area contributed by atoms with Gasteiger partial charge in [0.2, 0.25) is 11.8 Å². The first kappa shape index (κ1) is 18.7. The molecule has 0 aromatic carbocycles. The largest absolute Gasteiger partial charge is 0.366 e. The molecule has 0 spiro atoms. The van der Waals surface area contributed by atoms with Gasteiger partial charge in [0, 0.05) is 11.6 Å². The van der Waals surface area contributed by atoms with E-state index < -0.39 is 11.8 Å². The van der Waals surface area contributed by atoms with Crippen LogP contribution in [0.3, 0.4) is 0 Å². The molecule has 0 fully saturated rings. The Morgan fingerprint density at radius 3 is 1.65 bits per heavy atom. The van der Waals surface area contributed by atoms with Crippen LogP contribution in [0, 0.1) is 0 Å². The number of primary amides is 2. The highest BCUT2D eigenvalue weighted by Crippen LogP contribution is 2.13. The monoisotopic (exact) mass is 282 g/mol. The van der Waals surface area contributed by atoms with Gasteiger partial charge in [-0.2, -0.15) is 0 Å². The van der Waals surface area contributed by atoms with Gasteiger partial charge < -0.3 is 11.5 Å². The highest BCUT2D eigenvalue weighted by atomic mass is 16.1. The molecule has 0 heterocycles. The SMILES string of the molecule is CCCCCCCCCCCC/C(=C/C(N)=O)C(N)=O. The maximum Gasteiger partial charge on any atom is 0.244 e. The predicted molar refractivity (Wildman–Crippen MR) is 82.9 cm³/mol. The lowest BCUT2D eigenvalue weighted by molar-refractivity contribution is -0.116. The summed E-state index contributed by atoms with van der Waals surface area (Å²) in [5, 5.41) is 0. The van der Waals surface area contributed by atoms with E-state index in [-0.39, 0.29) is 0 Å². The molecule has 0 bridgehead atoms. The van der Waals surface area contributed by atoms with Crippen molar-refractivity contribution in [2.75, 3.05) is 0 Å². The van der Waals surface area contributed by atoms with Crippen LogP contribution in [-0.2, 0) is 9.59 Å². The Morgan fingerprint density at radius 2 is 1.25 bits per heavy atom. The van der Waals surface area contributed by atoms with Crippen molar-refractivity contribution in [2.45, 2.75) is 77.6 Å². The molecule has 0 rings (SSSR count). The van der Waals surface area contributed by atoms with Gasteiger partial charge in [-0.25, -0.2) is 0 Å². The molecule has 0 aliphatic rings. The van der Waals surface area contributed by atoms with Gasteiger partial charge in [0.05, 0.1) is 0 Å². The molecular weight excluding hydrogens is 252 g/mol. The molecule has 2 amide bonds. The standard InChI is InChI=1S/C16H30N2O2/c1-2-3-4-5-6-7-8-9-10-11-12-14(16(18)20)13-15(17)19/h13H,2-12H2,1H3,(H2,17,19)(H2,18,20)/b14-13-. The van der Waals surface area contributed by atoms with Crippen LogP contribution in [0.15, 0.2) is 11.6 Å². The molecule has 0 radical (unpaired) electrons. The average molecular weight is 282 g/mol. The van der Waals surface area contributed by atoms with Crippen molar-refractivity contribution in [3.63, 3.8) is 0 Å². The molecule has 0 aromatic heterocycles. The molecule has 0 unspecified atom stereocenters. The summed E-state index contributed by atoms with van der Waals surface area (Å²) in [6.07, 6.45) is 14.0. The molecule has 4 nitrogen and oxygen atoms in total. The van der Waals surface area contributed by atoms with E-state index in [9.17, 15) is 9.59 Å². The zero-order valence-electron chi connectivity index (χ0n) is 12.8. The van der Waals surface area contributed by atoms with Gasteiger partial charge in [-0.3, -0.25) is 9.59 Å². The van der Waals surface area contributed by atoms with E-state index >= 15 is 0 Å². The fraction of sp³-hybridized carbons (Fsp3) is 0.750. The van der Waals surface area contributed by atoms with Crippen LogP contribution < -0.4 is 11.5 Å². The van der Waals surface area contributed by atoms with E-state index in [1.54, 1.807) is 0 Å². The predicted octanol–water partition coefficient (Wildman–Crippen LogP) is 3.19. The van der Waals surface area contributed by atoms with Gasteiger partial charge in [0.25, 0.3) is 0 Å². The Labute approximate surface area is 123 Å². The smallest absolute Gasteiger partial charge is 0.244 e. The van der Waals surface area contributed by atoms with Crippen molar-refractivity contribution < 1.29 is 9.59 Å². The number of nitrogens with two attached hydrogens (primary N) is 2. The normalized spacial score (nSPS) is 11.6. The van der Waals surface area contributed by atoms with Gasteiger partial charge in [-0.1, -0.05) is 64.7 Å². The molecule has 4 N–H and O–H groups in total. The third kappa shape index (κ3) is 11.8. The second kappa shape index (κ2) is 12.7. The number of carbonyl (C=O) groups is 2.